The molecule has 1 heterocycles. The Kier molecular flexibility index (Phi) is 5.28. The molecule has 0 fully saturated rings. The van der Waals surface area contributed by atoms with Gasteiger partial charge in [-0.3, -0.25) is 4.79 Å². The minimum Gasteiger partial charge on any atom is -0.332 e. The second-order valence-electron chi connectivity index (χ2n) is 5.93. The molecule has 0 bridgehead atoms. The molecule has 1 atom stereocenters. The number of hydrogen-bond donors (Lipinski definition) is 1. The van der Waals surface area contributed by atoms with Gasteiger partial charge < -0.3 is 5.32 Å². The number of quaternary nitrogens is 1. The maximum absolute atomic E-state index is 12.4. The number of nitrogens with two attached hydrogens (primary N) is 1. The van der Waals surface area contributed by atoms with Gasteiger partial charge in [-0.1, -0.05) is 60.1 Å². The molecular weight excluding hydrogens is 322 g/mol. The van der Waals surface area contributed by atoms with E-state index in [9.17, 15) is 4.79 Å². The Balaban J connectivity index is 1.58. The SMILES string of the molecule is C[C@H]([NH2+]CC(=O)N1CCC(c2ccccc2)=N1)c1ccccc1Cl. The Bertz CT molecular complexity index is 745. The summed E-state index contributed by atoms with van der Waals surface area (Å²) in [5.74, 6) is 0.0276. The number of nitrogens with zero attached hydrogens (tertiary/aromatic N) is 2. The number of benzene rings is 2. The van der Waals surface area contributed by atoms with Gasteiger partial charge in [-0.25, -0.2) is 5.01 Å². The summed E-state index contributed by atoms with van der Waals surface area (Å²) in [6.07, 6.45) is 0.801. The molecule has 0 unspecified atom stereocenters. The van der Waals surface area contributed by atoms with Gasteiger partial charge in [-0.05, 0) is 18.6 Å². The van der Waals surface area contributed by atoms with E-state index in [1.807, 2.05) is 59.9 Å². The zero-order chi connectivity index (χ0) is 16.9. The highest BCUT2D eigenvalue weighted by Gasteiger charge is 2.23. The average molecular weight is 343 g/mol. The zero-order valence-corrected chi connectivity index (χ0v) is 14.4. The van der Waals surface area contributed by atoms with Crippen molar-refractivity contribution in [3.05, 3.63) is 70.7 Å². The van der Waals surface area contributed by atoms with Crippen LogP contribution in [0.5, 0.6) is 0 Å². The number of hydrogen-bond acceptors (Lipinski definition) is 2. The van der Waals surface area contributed by atoms with E-state index in [2.05, 4.69) is 12.0 Å². The van der Waals surface area contributed by atoms with Crippen molar-refractivity contribution in [1.82, 2.24) is 5.01 Å². The summed E-state index contributed by atoms with van der Waals surface area (Å²) in [7, 11) is 0. The van der Waals surface area contributed by atoms with Crippen molar-refractivity contribution in [2.75, 3.05) is 13.1 Å². The van der Waals surface area contributed by atoms with Crippen molar-refractivity contribution < 1.29 is 10.1 Å². The monoisotopic (exact) mass is 342 g/mol. The summed E-state index contributed by atoms with van der Waals surface area (Å²) in [6, 6.07) is 17.9. The Morgan fingerprint density at radius 1 is 1.21 bits per heavy atom. The molecule has 0 aliphatic carbocycles. The fourth-order valence-electron chi connectivity index (χ4n) is 2.82. The molecule has 2 aromatic carbocycles. The lowest BCUT2D eigenvalue weighted by Gasteiger charge is -2.14. The second kappa shape index (κ2) is 7.60. The van der Waals surface area contributed by atoms with Gasteiger partial charge in [0.15, 0.2) is 6.54 Å². The van der Waals surface area contributed by atoms with E-state index in [-0.39, 0.29) is 11.9 Å². The van der Waals surface area contributed by atoms with Crippen LogP contribution in [0.3, 0.4) is 0 Å². The third-order valence-electron chi connectivity index (χ3n) is 4.24. The van der Waals surface area contributed by atoms with E-state index in [4.69, 9.17) is 11.6 Å². The van der Waals surface area contributed by atoms with Crippen LogP contribution in [-0.4, -0.2) is 29.7 Å². The highest BCUT2D eigenvalue weighted by atomic mass is 35.5. The summed E-state index contributed by atoms with van der Waals surface area (Å²) >= 11 is 6.21. The van der Waals surface area contributed by atoms with Crippen molar-refractivity contribution in [2.24, 2.45) is 5.10 Å². The van der Waals surface area contributed by atoms with Gasteiger partial charge in [0.25, 0.3) is 5.91 Å². The number of hydrazone groups is 1. The Labute approximate surface area is 147 Å². The van der Waals surface area contributed by atoms with Gasteiger partial charge in [0.2, 0.25) is 0 Å². The predicted octanol–water partition coefficient (Wildman–Crippen LogP) is 2.60. The molecule has 124 valence electrons. The van der Waals surface area contributed by atoms with Gasteiger partial charge in [0.1, 0.15) is 6.04 Å². The molecule has 4 nitrogen and oxygen atoms in total. The molecule has 24 heavy (non-hydrogen) atoms. The van der Waals surface area contributed by atoms with Crippen LogP contribution >= 0.6 is 11.6 Å². The molecule has 1 aliphatic rings. The first-order chi connectivity index (χ1) is 11.6. The average Bonchev–Trinajstić information content (AvgIpc) is 3.11. The Morgan fingerprint density at radius 2 is 1.92 bits per heavy atom. The fourth-order valence-corrected chi connectivity index (χ4v) is 3.13. The van der Waals surface area contributed by atoms with E-state index in [1.54, 1.807) is 5.01 Å². The fraction of sp³-hybridized carbons (Fsp3) is 0.263. The number of amides is 1. The van der Waals surface area contributed by atoms with Crippen LogP contribution < -0.4 is 5.32 Å². The number of halogens is 1. The summed E-state index contributed by atoms with van der Waals surface area (Å²) < 4.78 is 0. The van der Waals surface area contributed by atoms with Crippen LogP contribution in [-0.2, 0) is 4.79 Å². The van der Waals surface area contributed by atoms with Crippen LogP contribution in [0.1, 0.15) is 30.5 Å². The summed E-state index contributed by atoms with van der Waals surface area (Å²) in [4.78, 5) is 12.4. The quantitative estimate of drug-likeness (QED) is 0.892. The van der Waals surface area contributed by atoms with Crippen molar-refractivity contribution in [1.29, 1.82) is 0 Å². The Hall–Kier alpha value is -2.17. The Morgan fingerprint density at radius 3 is 2.67 bits per heavy atom. The maximum atomic E-state index is 12.4. The predicted molar refractivity (Wildman–Crippen MR) is 96.0 cm³/mol. The lowest BCUT2D eigenvalue weighted by atomic mass is 10.1. The molecule has 0 spiro atoms. The first-order valence-electron chi connectivity index (χ1n) is 8.16. The largest absolute Gasteiger partial charge is 0.332 e. The van der Waals surface area contributed by atoms with Crippen LogP contribution in [0.25, 0.3) is 0 Å². The highest BCUT2D eigenvalue weighted by Crippen LogP contribution is 2.19. The molecule has 3 rings (SSSR count). The van der Waals surface area contributed by atoms with Gasteiger partial charge in [-0.2, -0.15) is 5.10 Å². The second-order valence-corrected chi connectivity index (χ2v) is 6.34. The highest BCUT2D eigenvalue weighted by molar-refractivity contribution is 6.31. The van der Waals surface area contributed by atoms with Crippen molar-refractivity contribution in [3.8, 4) is 0 Å². The van der Waals surface area contributed by atoms with Gasteiger partial charge >= 0.3 is 0 Å². The summed E-state index contributed by atoms with van der Waals surface area (Å²) in [5.41, 5.74) is 3.10. The first-order valence-corrected chi connectivity index (χ1v) is 8.54. The molecule has 0 saturated heterocycles. The van der Waals surface area contributed by atoms with E-state index >= 15 is 0 Å². The molecule has 0 aromatic heterocycles. The van der Waals surface area contributed by atoms with Crippen LogP contribution in [0.2, 0.25) is 5.02 Å². The lowest BCUT2D eigenvalue weighted by molar-refractivity contribution is -0.683. The lowest BCUT2D eigenvalue weighted by Crippen LogP contribution is -2.86. The maximum Gasteiger partial charge on any atom is 0.297 e. The molecule has 1 amide bonds. The minimum atomic E-state index is 0.0276. The van der Waals surface area contributed by atoms with Crippen LogP contribution in [0, 0.1) is 0 Å². The number of carbonyl (C=O) groups is 1. The van der Waals surface area contributed by atoms with Gasteiger partial charge in [0.05, 0.1) is 12.3 Å². The van der Waals surface area contributed by atoms with Crippen molar-refractivity contribution >= 4 is 23.2 Å². The first kappa shape index (κ1) is 16.7. The van der Waals surface area contributed by atoms with Crippen molar-refractivity contribution in [3.63, 3.8) is 0 Å². The van der Waals surface area contributed by atoms with E-state index in [0.29, 0.717) is 13.1 Å². The van der Waals surface area contributed by atoms with Gasteiger partial charge in [0, 0.05) is 17.0 Å². The molecule has 2 aromatic rings. The van der Waals surface area contributed by atoms with E-state index < -0.39 is 0 Å². The standard InChI is InChI=1S/C19H20ClN3O/c1-14(16-9-5-6-10-17(16)20)21-13-19(24)23-12-11-18(22-23)15-7-3-2-4-8-15/h2-10,14,21H,11-13H2,1H3/p+1/t14-/m0/s1. The third-order valence-corrected chi connectivity index (χ3v) is 4.58. The van der Waals surface area contributed by atoms with Crippen LogP contribution in [0.15, 0.2) is 59.7 Å². The minimum absolute atomic E-state index is 0.0276. The third kappa shape index (κ3) is 3.83. The molecule has 5 heteroatoms. The molecule has 1 aliphatic heterocycles. The molecular formula is C19H21ClN3O+. The normalized spacial score (nSPS) is 15.2. The molecule has 2 N–H and O–H groups in total. The van der Waals surface area contributed by atoms with E-state index in [1.165, 1.54) is 0 Å². The van der Waals surface area contributed by atoms with Crippen LogP contribution in [0.4, 0.5) is 0 Å². The van der Waals surface area contributed by atoms with Crippen molar-refractivity contribution in [2.45, 2.75) is 19.4 Å². The van der Waals surface area contributed by atoms with Gasteiger partial charge in [-0.15, -0.1) is 0 Å². The molecule has 0 saturated carbocycles. The summed E-state index contributed by atoms with van der Waals surface area (Å²) in [5, 5.41) is 8.80. The number of carbonyl (C=O) groups excluding carboxylic acids is 1. The molecule has 0 radical (unpaired) electrons. The smallest absolute Gasteiger partial charge is 0.297 e. The van der Waals surface area contributed by atoms with E-state index in [0.717, 1.165) is 28.3 Å². The topological polar surface area (TPSA) is 49.3 Å². The zero-order valence-electron chi connectivity index (χ0n) is 13.7. The number of rotatable bonds is 5. The summed E-state index contributed by atoms with van der Waals surface area (Å²) in [6.45, 7) is 3.06.